The number of imidazole rings is 1. The van der Waals surface area contributed by atoms with Crippen molar-refractivity contribution in [3.05, 3.63) is 67.1 Å². The molecule has 5 heteroatoms. The number of phenols is 1. The van der Waals surface area contributed by atoms with Crippen molar-refractivity contribution in [2.75, 3.05) is 0 Å². The van der Waals surface area contributed by atoms with Crippen LogP contribution in [0.2, 0.25) is 0 Å². The van der Waals surface area contributed by atoms with Crippen molar-refractivity contribution in [2.45, 2.75) is 20.0 Å². The highest BCUT2D eigenvalue weighted by Crippen LogP contribution is 2.38. The van der Waals surface area contributed by atoms with Gasteiger partial charge in [0.15, 0.2) is 0 Å². The van der Waals surface area contributed by atoms with Gasteiger partial charge < -0.3 is 9.84 Å². The van der Waals surface area contributed by atoms with E-state index in [0.29, 0.717) is 17.1 Å². The van der Waals surface area contributed by atoms with Crippen LogP contribution in [0, 0.1) is 0 Å². The van der Waals surface area contributed by atoms with Gasteiger partial charge in [0.2, 0.25) is 5.78 Å². The number of fused-ring (bicyclic) bond motifs is 1. The van der Waals surface area contributed by atoms with Crippen molar-refractivity contribution in [3.63, 3.8) is 0 Å². The summed E-state index contributed by atoms with van der Waals surface area (Å²) in [4.78, 5) is 8.71. The normalized spacial score (nSPS) is 11.2. The van der Waals surface area contributed by atoms with Gasteiger partial charge in [-0.05, 0) is 31.5 Å². The molecule has 2 heterocycles. The molecule has 0 unspecified atom stereocenters. The summed E-state index contributed by atoms with van der Waals surface area (Å²) in [5, 5.41) is 10.7. The molecular formula is C21H19N3O2. The second-order valence-electron chi connectivity index (χ2n) is 6.33. The lowest BCUT2D eigenvalue weighted by Crippen LogP contribution is -2.05. The Balaban J connectivity index is 1.94. The second-order valence-corrected chi connectivity index (χ2v) is 6.33. The van der Waals surface area contributed by atoms with Crippen LogP contribution in [0.1, 0.15) is 13.8 Å². The van der Waals surface area contributed by atoms with E-state index >= 15 is 0 Å². The summed E-state index contributed by atoms with van der Waals surface area (Å²) < 4.78 is 7.57. The van der Waals surface area contributed by atoms with E-state index < -0.39 is 0 Å². The highest BCUT2D eigenvalue weighted by atomic mass is 16.5. The topological polar surface area (TPSA) is 59.7 Å². The SMILES string of the molecule is CC(C)Oc1ccc(-c2c(-c3ccccc3)cnc3nccn23)c(O)c1. The van der Waals surface area contributed by atoms with Gasteiger partial charge in [-0.3, -0.25) is 4.40 Å². The van der Waals surface area contributed by atoms with Crippen LogP contribution in [-0.4, -0.2) is 25.6 Å². The van der Waals surface area contributed by atoms with Crippen molar-refractivity contribution in [3.8, 4) is 33.9 Å². The number of rotatable bonds is 4. The summed E-state index contributed by atoms with van der Waals surface area (Å²) >= 11 is 0. The fourth-order valence-corrected chi connectivity index (χ4v) is 3.04. The molecule has 1 N–H and O–H groups in total. The first-order valence-electron chi connectivity index (χ1n) is 8.51. The van der Waals surface area contributed by atoms with Crippen LogP contribution in [-0.2, 0) is 0 Å². The third-order valence-corrected chi connectivity index (χ3v) is 4.11. The van der Waals surface area contributed by atoms with E-state index in [4.69, 9.17) is 4.74 Å². The van der Waals surface area contributed by atoms with Crippen LogP contribution in [0.5, 0.6) is 11.5 Å². The number of benzene rings is 2. The molecule has 4 rings (SSSR count). The minimum atomic E-state index is 0.0430. The number of hydrogen-bond acceptors (Lipinski definition) is 4. The molecule has 0 radical (unpaired) electrons. The zero-order valence-corrected chi connectivity index (χ0v) is 14.6. The molecule has 0 fully saturated rings. The van der Waals surface area contributed by atoms with Crippen LogP contribution in [0.15, 0.2) is 67.1 Å². The summed E-state index contributed by atoms with van der Waals surface area (Å²) in [7, 11) is 0. The molecule has 2 aromatic heterocycles. The summed E-state index contributed by atoms with van der Waals surface area (Å²) in [6.07, 6.45) is 5.39. The first kappa shape index (κ1) is 16.1. The Morgan fingerprint density at radius 2 is 1.81 bits per heavy atom. The predicted octanol–water partition coefficient (Wildman–Crippen LogP) is 4.56. The average molecular weight is 345 g/mol. The van der Waals surface area contributed by atoms with Crippen molar-refractivity contribution >= 4 is 5.78 Å². The number of aromatic nitrogens is 3. The maximum absolute atomic E-state index is 10.7. The summed E-state index contributed by atoms with van der Waals surface area (Å²) in [6.45, 7) is 3.91. The molecule has 5 nitrogen and oxygen atoms in total. The Kier molecular flexibility index (Phi) is 4.05. The first-order chi connectivity index (χ1) is 12.6. The van der Waals surface area contributed by atoms with E-state index in [0.717, 1.165) is 16.8 Å². The lowest BCUT2D eigenvalue weighted by Gasteiger charge is -2.15. The molecule has 0 aliphatic heterocycles. The first-order valence-corrected chi connectivity index (χ1v) is 8.51. The van der Waals surface area contributed by atoms with E-state index in [2.05, 4.69) is 9.97 Å². The van der Waals surface area contributed by atoms with Crippen LogP contribution in [0.25, 0.3) is 28.2 Å². The molecule has 0 amide bonds. The highest BCUT2D eigenvalue weighted by Gasteiger charge is 2.17. The van der Waals surface area contributed by atoms with E-state index in [1.54, 1.807) is 18.5 Å². The molecule has 2 aromatic carbocycles. The van der Waals surface area contributed by atoms with Crippen LogP contribution in [0.4, 0.5) is 0 Å². The number of ether oxygens (including phenoxy) is 1. The Bertz CT molecular complexity index is 1060. The lowest BCUT2D eigenvalue weighted by atomic mass is 10.00. The lowest BCUT2D eigenvalue weighted by molar-refractivity contribution is 0.241. The predicted molar refractivity (Wildman–Crippen MR) is 101 cm³/mol. The van der Waals surface area contributed by atoms with Gasteiger partial charge in [-0.15, -0.1) is 0 Å². The Labute approximate surface area is 151 Å². The second kappa shape index (κ2) is 6.52. The maximum atomic E-state index is 10.7. The number of aromatic hydroxyl groups is 1. The number of nitrogens with zero attached hydrogens (tertiary/aromatic N) is 3. The van der Waals surface area contributed by atoms with Gasteiger partial charge in [0, 0.05) is 35.8 Å². The Hall–Kier alpha value is -3.34. The molecule has 0 atom stereocenters. The standard InChI is InChI=1S/C21H19N3O2/c1-14(2)26-16-8-9-17(19(25)12-16)20-18(15-6-4-3-5-7-15)13-23-21-22-10-11-24(20)21/h3-14,25H,1-2H3. The third kappa shape index (κ3) is 2.88. The van der Waals surface area contributed by atoms with E-state index in [1.807, 2.05) is 66.9 Å². The summed E-state index contributed by atoms with van der Waals surface area (Å²) in [5.41, 5.74) is 3.48. The molecule has 26 heavy (non-hydrogen) atoms. The molecule has 0 spiro atoms. The number of hydrogen-bond donors (Lipinski definition) is 1. The average Bonchev–Trinajstić information content (AvgIpc) is 3.10. The van der Waals surface area contributed by atoms with Gasteiger partial charge >= 0.3 is 0 Å². The van der Waals surface area contributed by atoms with Crippen molar-refractivity contribution in [2.24, 2.45) is 0 Å². The summed E-state index contributed by atoms with van der Waals surface area (Å²) in [5.74, 6) is 1.38. The molecule has 0 saturated carbocycles. The van der Waals surface area contributed by atoms with Crippen LogP contribution in [0.3, 0.4) is 0 Å². The zero-order valence-electron chi connectivity index (χ0n) is 14.6. The maximum Gasteiger partial charge on any atom is 0.234 e. The molecule has 0 aliphatic rings. The van der Waals surface area contributed by atoms with Gasteiger partial charge in [-0.1, -0.05) is 30.3 Å². The third-order valence-electron chi connectivity index (χ3n) is 4.11. The smallest absolute Gasteiger partial charge is 0.234 e. The molecule has 0 bridgehead atoms. The largest absolute Gasteiger partial charge is 0.507 e. The Morgan fingerprint density at radius 3 is 2.54 bits per heavy atom. The molecule has 4 aromatic rings. The van der Waals surface area contributed by atoms with Gasteiger partial charge in [0.1, 0.15) is 11.5 Å². The van der Waals surface area contributed by atoms with Crippen LogP contribution < -0.4 is 4.74 Å². The van der Waals surface area contributed by atoms with E-state index in [1.165, 1.54) is 0 Å². The highest BCUT2D eigenvalue weighted by molar-refractivity contribution is 5.84. The molecule has 0 aliphatic carbocycles. The monoisotopic (exact) mass is 345 g/mol. The molecule has 130 valence electrons. The van der Waals surface area contributed by atoms with Gasteiger partial charge in [-0.2, -0.15) is 0 Å². The van der Waals surface area contributed by atoms with Gasteiger partial charge in [0.25, 0.3) is 0 Å². The summed E-state index contributed by atoms with van der Waals surface area (Å²) in [6, 6.07) is 15.4. The van der Waals surface area contributed by atoms with Crippen molar-refractivity contribution in [1.82, 2.24) is 14.4 Å². The zero-order chi connectivity index (χ0) is 18.1. The van der Waals surface area contributed by atoms with E-state index in [9.17, 15) is 5.11 Å². The fraction of sp³-hybridized carbons (Fsp3) is 0.143. The Morgan fingerprint density at radius 1 is 1.00 bits per heavy atom. The minimum Gasteiger partial charge on any atom is -0.507 e. The molecular weight excluding hydrogens is 326 g/mol. The van der Waals surface area contributed by atoms with Gasteiger partial charge in [0.05, 0.1) is 11.8 Å². The molecule has 0 saturated heterocycles. The van der Waals surface area contributed by atoms with Crippen molar-refractivity contribution in [1.29, 1.82) is 0 Å². The van der Waals surface area contributed by atoms with Gasteiger partial charge in [-0.25, -0.2) is 9.97 Å². The fourth-order valence-electron chi connectivity index (χ4n) is 3.04. The van der Waals surface area contributed by atoms with Crippen LogP contribution >= 0.6 is 0 Å². The minimum absolute atomic E-state index is 0.0430. The quantitative estimate of drug-likeness (QED) is 0.589. The van der Waals surface area contributed by atoms with E-state index in [-0.39, 0.29) is 11.9 Å². The number of phenolic OH excluding ortho intramolecular Hbond substituents is 1. The van der Waals surface area contributed by atoms with Crippen molar-refractivity contribution < 1.29 is 9.84 Å².